The molecular weight excluding hydrogens is 464 g/mol. The lowest BCUT2D eigenvalue weighted by Crippen LogP contribution is -2.66. The SMILES string of the molecule is CC(C)(C)[Si](OCCOCCOCCOCCOCCC(=O)O)(c1ccccc1)c1ccccc1. The molecule has 0 saturated heterocycles. The quantitative estimate of drug-likeness (QED) is 0.247. The number of benzene rings is 2. The summed E-state index contributed by atoms with van der Waals surface area (Å²) in [5.74, 6) is -0.865. The van der Waals surface area contributed by atoms with Crippen LogP contribution < -0.4 is 10.4 Å². The molecule has 0 fully saturated rings. The van der Waals surface area contributed by atoms with Gasteiger partial charge in [0.15, 0.2) is 0 Å². The number of carboxylic acids is 1. The van der Waals surface area contributed by atoms with E-state index < -0.39 is 14.3 Å². The predicted octanol–water partition coefficient (Wildman–Crippen LogP) is 3.10. The summed E-state index contributed by atoms with van der Waals surface area (Å²) in [6, 6.07) is 21.2. The second-order valence-corrected chi connectivity index (χ2v) is 13.4. The number of carboxylic acid groups (broad SMARTS) is 1. The fourth-order valence-electron chi connectivity index (χ4n) is 3.94. The number of hydrogen-bond acceptors (Lipinski definition) is 6. The number of ether oxygens (including phenoxy) is 4. The smallest absolute Gasteiger partial charge is 0.305 e. The molecule has 2 rings (SSSR count). The van der Waals surface area contributed by atoms with Crippen LogP contribution in [0, 0.1) is 0 Å². The fourth-order valence-corrected chi connectivity index (χ4v) is 8.48. The highest BCUT2D eigenvalue weighted by molar-refractivity contribution is 6.99. The molecule has 0 unspecified atom stereocenters. The van der Waals surface area contributed by atoms with E-state index >= 15 is 0 Å². The monoisotopic (exact) mass is 504 g/mol. The molecule has 0 atom stereocenters. The zero-order valence-electron chi connectivity index (χ0n) is 21.2. The second kappa shape index (κ2) is 15.8. The molecule has 2 aromatic carbocycles. The first-order valence-electron chi connectivity index (χ1n) is 12.2. The van der Waals surface area contributed by atoms with Crippen LogP contribution in [0.4, 0.5) is 0 Å². The van der Waals surface area contributed by atoms with Crippen molar-refractivity contribution in [2.24, 2.45) is 0 Å². The van der Waals surface area contributed by atoms with Crippen LogP contribution >= 0.6 is 0 Å². The first-order chi connectivity index (χ1) is 16.9. The Labute approximate surface area is 210 Å². The van der Waals surface area contributed by atoms with E-state index in [-0.39, 0.29) is 18.1 Å². The molecule has 0 aliphatic rings. The summed E-state index contributed by atoms with van der Waals surface area (Å²) in [5.41, 5.74) is 0. The fraction of sp³-hybridized carbons (Fsp3) is 0.519. The summed E-state index contributed by atoms with van der Waals surface area (Å²) in [4.78, 5) is 10.4. The summed E-state index contributed by atoms with van der Waals surface area (Å²) in [6.07, 6.45) is 0.00599. The van der Waals surface area contributed by atoms with Gasteiger partial charge in [0.25, 0.3) is 8.32 Å². The van der Waals surface area contributed by atoms with Gasteiger partial charge in [-0.05, 0) is 15.4 Å². The maximum Gasteiger partial charge on any atom is 0.305 e. The molecule has 0 aromatic heterocycles. The Morgan fingerprint density at radius 1 is 0.657 bits per heavy atom. The van der Waals surface area contributed by atoms with Gasteiger partial charge < -0.3 is 28.5 Å². The van der Waals surface area contributed by atoms with Gasteiger partial charge in [-0.1, -0.05) is 81.4 Å². The molecule has 8 heteroatoms. The van der Waals surface area contributed by atoms with Crippen molar-refractivity contribution in [3.05, 3.63) is 60.7 Å². The van der Waals surface area contributed by atoms with Gasteiger partial charge in [-0.3, -0.25) is 4.79 Å². The Morgan fingerprint density at radius 2 is 1.03 bits per heavy atom. The first-order valence-corrected chi connectivity index (χ1v) is 14.1. The first kappa shape index (κ1) is 29.2. The van der Waals surface area contributed by atoms with Gasteiger partial charge in [0.05, 0.1) is 65.9 Å². The standard InChI is InChI=1S/C27H40O7Si/c1-27(2,3)35(24-10-6-4-7-11-24,25-12-8-5-9-13-25)34-23-22-33-21-20-32-19-18-31-17-16-30-15-14-26(28)29/h4-13H,14-23H2,1-3H3,(H,28,29). The Hall–Kier alpha value is -2.07. The molecule has 0 amide bonds. The van der Waals surface area contributed by atoms with Crippen LogP contribution in [-0.2, 0) is 28.2 Å². The molecule has 0 radical (unpaired) electrons. The van der Waals surface area contributed by atoms with E-state index in [1.54, 1.807) is 0 Å². The molecule has 0 heterocycles. The largest absolute Gasteiger partial charge is 0.481 e. The van der Waals surface area contributed by atoms with Crippen molar-refractivity contribution in [1.82, 2.24) is 0 Å². The van der Waals surface area contributed by atoms with E-state index in [0.717, 1.165) is 0 Å². The van der Waals surface area contributed by atoms with E-state index in [1.807, 2.05) is 12.1 Å². The normalized spacial score (nSPS) is 12.1. The van der Waals surface area contributed by atoms with Crippen molar-refractivity contribution in [2.75, 3.05) is 59.5 Å². The summed E-state index contributed by atoms with van der Waals surface area (Å²) < 4.78 is 28.6. The van der Waals surface area contributed by atoms with Crippen LogP contribution in [0.15, 0.2) is 60.7 Å². The van der Waals surface area contributed by atoms with Gasteiger partial charge in [-0.15, -0.1) is 0 Å². The summed E-state index contributed by atoms with van der Waals surface area (Å²) >= 11 is 0. The molecule has 0 saturated carbocycles. The van der Waals surface area contributed by atoms with Crippen LogP contribution in [0.25, 0.3) is 0 Å². The number of rotatable bonds is 18. The maximum atomic E-state index is 10.4. The third-order valence-electron chi connectivity index (χ3n) is 5.54. The van der Waals surface area contributed by atoms with Crippen LogP contribution in [0.3, 0.4) is 0 Å². The third kappa shape index (κ3) is 9.83. The molecule has 1 N–H and O–H groups in total. The molecular formula is C27H40O7Si. The minimum Gasteiger partial charge on any atom is -0.481 e. The van der Waals surface area contributed by atoms with Gasteiger partial charge in [-0.2, -0.15) is 0 Å². The molecule has 0 aliphatic carbocycles. The van der Waals surface area contributed by atoms with Gasteiger partial charge in [0, 0.05) is 0 Å². The molecule has 0 aliphatic heterocycles. The van der Waals surface area contributed by atoms with Crippen molar-refractivity contribution in [2.45, 2.75) is 32.2 Å². The number of carbonyl (C=O) groups is 1. The van der Waals surface area contributed by atoms with E-state index in [2.05, 4.69) is 69.3 Å². The van der Waals surface area contributed by atoms with Crippen molar-refractivity contribution in [3.63, 3.8) is 0 Å². The minimum absolute atomic E-state index is 0.00599. The Balaban J connectivity index is 1.70. The summed E-state index contributed by atoms with van der Waals surface area (Å²) in [7, 11) is -2.52. The highest BCUT2D eigenvalue weighted by Gasteiger charge is 2.49. The van der Waals surface area contributed by atoms with Gasteiger partial charge >= 0.3 is 5.97 Å². The van der Waals surface area contributed by atoms with E-state index in [1.165, 1.54) is 10.4 Å². The molecule has 194 valence electrons. The number of aliphatic carboxylic acids is 1. The van der Waals surface area contributed by atoms with E-state index in [0.29, 0.717) is 52.9 Å². The van der Waals surface area contributed by atoms with Crippen LogP contribution in [0.2, 0.25) is 5.04 Å². The van der Waals surface area contributed by atoms with Crippen LogP contribution in [-0.4, -0.2) is 78.9 Å². The zero-order chi connectivity index (χ0) is 25.4. The topological polar surface area (TPSA) is 83.5 Å². The van der Waals surface area contributed by atoms with E-state index in [9.17, 15) is 4.79 Å². The summed E-state index contributed by atoms with van der Waals surface area (Å²) in [6.45, 7) is 10.7. The second-order valence-electron chi connectivity index (χ2n) is 9.10. The van der Waals surface area contributed by atoms with Crippen molar-refractivity contribution in [3.8, 4) is 0 Å². The van der Waals surface area contributed by atoms with Crippen molar-refractivity contribution < 1.29 is 33.3 Å². The van der Waals surface area contributed by atoms with Crippen LogP contribution in [0.1, 0.15) is 27.2 Å². The van der Waals surface area contributed by atoms with Gasteiger partial charge in [0.1, 0.15) is 0 Å². The lowest BCUT2D eigenvalue weighted by Gasteiger charge is -2.43. The molecule has 0 spiro atoms. The lowest BCUT2D eigenvalue weighted by atomic mass is 10.2. The molecule has 2 aromatic rings. The Bertz CT molecular complexity index is 785. The minimum atomic E-state index is -2.52. The van der Waals surface area contributed by atoms with Crippen LogP contribution in [0.5, 0.6) is 0 Å². The molecule has 0 bridgehead atoms. The highest BCUT2D eigenvalue weighted by atomic mass is 28.4. The highest BCUT2D eigenvalue weighted by Crippen LogP contribution is 2.36. The zero-order valence-corrected chi connectivity index (χ0v) is 22.2. The average molecular weight is 505 g/mol. The maximum absolute atomic E-state index is 10.4. The van der Waals surface area contributed by atoms with E-state index in [4.69, 9.17) is 28.5 Å². The van der Waals surface area contributed by atoms with Gasteiger partial charge in [0.2, 0.25) is 0 Å². The third-order valence-corrected chi connectivity index (χ3v) is 10.6. The van der Waals surface area contributed by atoms with Gasteiger partial charge in [-0.25, -0.2) is 0 Å². The van der Waals surface area contributed by atoms with Crippen molar-refractivity contribution >= 4 is 24.7 Å². The predicted molar refractivity (Wildman–Crippen MR) is 139 cm³/mol. The Morgan fingerprint density at radius 3 is 1.40 bits per heavy atom. The number of hydrogen-bond donors (Lipinski definition) is 1. The molecule has 35 heavy (non-hydrogen) atoms. The van der Waals surface area contributed by atoms with Crippen molar-refractivity contribution in [1.29, 1.82) is 0 Å². The molecule has 7 nitrogen and oxygen atoms in total. The Kier molecular flexibility index (Phi) is 13.2. The summed E-state index contributed by atoms with van der Waals surface area (Å²) in [5, 5.41) is 11.0. The average Bonchev–Trinajstić information content (AvgIpc) is 2.84. The lowest BCUT2D eigenvalue weighted by molar-refractivity contribution is -0.138.